The summed E-state index contributed by atoms with van der Waals surface area (Å²) >= 11 is 0. The zero-order chi connectivity index (χ0) is 16.3. The number of benzene rings is 2. The first-order valence-corrected chi connectivity index (χ1v) is 7.20. The first-order chi connectivity index (χ1) is 10.4. The molecule has 0 aliphatic rings. The Morgan fingerprint density at radius 2 is 1.77 bits per heavy atom. The van der Waals surface area contributed by atoms with Crippen molar-refractivity contribution in [1.82, 2.24) is 5.32 Å². The molecule has 0 bridgehead atoms. The third-order valence-corrected chi connectivity index (χ3v) is 3.68. The molecule has 1 amide bonds. The van der Waals surface area contributed by atoms with Gasteiger partial charge in [0.2, 0.25) is 0 Å². The van der Waals surface area contributed by atoms with E-state index in [0.717, 1.165) is 11.1 Å². The zero-order valence-corrected chi connectivity index (χ0v) is 12.9. The van der Waals surface area contributed by atoms with Crippen LogP contribution in [0.1, 0.15) is 40.1 Å². The average Bonchev–Trinajstić information content (AvgIpc) is 2.49. The van der Waals surface area contributed by atoms with E-state index >= 15 is 0 Å². The van der Waals surface area contributed by atoms with Crippen molar-refractivity contribution in [3.8, 4) is 0 Å². The first kappa shape index (κ1) is 16.2. The number of amides is 1. The van der Waals surface area contributed by atoms with Crippen molar-refractivity contribution in [2.45, 2.75) is 32.9 Å². The summed E-state index contributed by atoms with van der Waals surface area (Å²) in [5, 5.41) is 13.1. The van der Waals surface area contributed by atoms with Crippen molar-refractivity contribution in [2.75, 3.05) is 0 Å². The molecule has 0 aliphatic heterocycles. The van der Waals surface area contributed by atoms with Crippen LogP contribution >= 0.6 is 0 Å². The van der Waals surface area contributed by atoms with Gasteiger partial charge in [-0.1, -0.05) is 29.8 Å². The summed E-state index contributed by atoms with van der Waals surface area (Å²) in [6, 6.07) is 10.8. The third-order valence-electron chi connectivity index (χ3n) is 3.68. The number of halogens is 1. The van der Waals surface area contributed by atoms with Gasteiger partial charge >= 0.3 is 0 Å². The minimum absolute atomic E-state index is 0.227. The monoisotopic (exact) mass is 301 g/mol. The van der Waals surface area contributed by atoms with E-state index < -0.39 is 12.1 Å². The minimum Gasteiger partial charge on any atom is -0.386 e. The molecule has 2 N–H and O–H groups in total. The average molecular weight is 301 g/mol. The molecule has 3 nitrogen and oxygen atoms in total. The molecule has 0 saturated heterocycles. The highest BCUT2D eigenvalue weighted by Gasteiger charge is 2.20. The summed E-state index contributed by atoms with van der Waals surface area (Å²) in [4.78, 5) is 12.3. The summed E-state index contributed by atoms with van der Waals surface area (Å²) in [5.41, 5.74) is 3.04. The van der Waals surface area contributed by atoms with Gasteiger partial charge in [0.1, 0.15) is 5.82 Å². The molecule has 2 atom stereocenters. The van der Waals surface area contributed by atoms with E-state index in [1.54, 1.807) is 6.92 Å². The molecule has 0 unspecified atom stereocenters. The fraction of sp³-hybridized carbons (Fsp3) is 0.278. The fourth-order valence-corrected chi connectivity index (χ4v) is 2.29. The Morgan fingerprint density at radius 3 is 2.41 bits per heavy atom. The summed E-state index contributed by atoms with van der Waals surface area (Å²) in [6.45, 7) is 5.51. The standard InChI is InChI=1S/C18H20FNO2/c1-11-4-5-12(2)16(10-11)18(22)20-13(3)17(21)14-6-8-15(19)9-7-14/h4-10,13,17,21H,1-3H3,(H,20,22)/t13-,17+/m0/s1. The SMILES string of the molecule is Cc1ccc(C)c(C(=O)N[C@@H](C)[C@@H](O)c2ccc(F)cc2)c1. The number of rotatable bonds is 4. The number of carbonyl (C=O) groups excluding carboxylic acids is 1. The second-order valence-electron chi connectivity index (χ2n) is 5.58. The molecule has 0 saturated carbocycles. The van der Waals surface area contributed by atoms with E-state index in [1.165, 1.54) is 24.3 Å². The van der Waals surface area contributed by atoms with Crippen LogP contribution < -0.4 is 5.32 Å². The first-order valence-electron chi connectivity index (χ1n) is 7.20. The van der Waals surface area contributed by atoms with Gasteiger partial charge < -0.3 is 10.4 Å². The maximum absolute atomic E-state index is 12.9. The summed E-state index contributed by atoms with van der Waals surface area (Å²) in [6.07, 6.45) is -0.894. The van der Waals surface area contributed by atoms with Crippen LogP contribution in [-0.4, -0.2) is 17.1 Å². The van der Waals surface area contributed by atoms with Crippen molar-refractivity contribution in [1.29, 1.82) is 0 Å². The number of aliphatic hydroxyl groups excluding tert-OH is 1. The molecule has 4 heteroatoms. The van der Waals surface area contributed by atoms with E-state index in [9.17, 15) is 14.3 Å². The van der Waals surface area contributed by atoms with Gasteiger partial charge in [0.05, 0.1) is 12.1 Å². The Morgan fingerprint density at radius 1 is 1.14 bits per heavy atom. The van der Waals surface area contributed by atoms with Gasteiger partial charge in [-0.3, -0.25) is 4.79 Å². The Balaban J connectivity index is 2.10. The van der Waals surface area contributed by atoms with Gasteiger partial charge in [-0.05, 0) is 50.1 Å². The van der Waals surface area contributed by atoms with Crippen LogP contribution in [0.15, 0.2) is 42.5 Å². The molecule has 0 aliphatic carbocycles. The van der Waals surface area contributed by atoms with E-state index in [2.05, 4.69) is 5.32 Å². The van der Waals surface area contributed by atoms with Gasteiger partial charge in [-0.2, -0.15) is 0 Å². The molecule has 116 valence electrons. The number of hydrogen-bond acceptors (Lipinski definition) is 2. The molecule has 0 radical (unpaired) electrons. The van der Waals surface area contributed by atoms with Gasteiger partial charge in [-0.25, -0.2) is 4.39 Å². The van der Waals surface area contributed by atoms with Gasteiger partial charge in [-0.15, -0.1) is 0 Å². The van der Waals surface area contributed by atoms with Crippen molar-refractivity contribution in [3.05, 3.63) is 70.5 Å². The van der Waals surface area contributed by atoms with Crippen LogP contribution in [0.4, 0.5) is 4.39 Å². The lowest BCUT2D eigenvalue weighted by Crippen LogP contribution is -2.37. The lowest BCUT2D eigenvalue weighted by molar-refractivity contribution is 0.0851. The molecule has 0 aromatic heterocycles. The Hall–Kier alpha value is -2.20. The number of aryl methyl sites for hydroxylation is 2. The largest absolute Gasteiger partial charge is 0.386 e. The molecule has 0 spiro atoms. The molecule has 2 aromatic carbocycles. The zero-order valence-electron chi connectivity index (χ0n) is 12.9. The van der Waals surface area contributed by atoms with Crippen molar-refractivity contribution in [2.24, 2.45) is 0 Å². The van der Waals surface area contributed by atoms with Crippen LogP contribution in [0.25, 0.3) is 0 Å². The van der Waals surface area contributed by atoms with Crippen LogP contribution in [-0.2, 0) is 0 Å². The van der Waals surface area contributed by atoms with Crippen LogP contribution in [0.2, 0.25) is 0 Å². The predicted molar refractivity (Wildman–Crippen MR) is 84.2 cm³/mol. The molecule has 0 fully saturated rings. The summed E-state index contributed by atoms with van der Waals surface area (Å²) in [7, 11) is 0. The highest BCUT2D eigenvalue weighted by atomic mass is 19.1. The van der Waals surface area contributed by atoms with E-state index in [0.29, 0.717) is 11.1 Å². The van der Waals surface area contributed by atoms with Gasteiger partial charge in [0, 0.05) is 5.56 Å². The molecular weight excluding hydrogens is 281 g/mol. The highest BCUT2D eigenvalue weighted by Crippen LogP contribution is 2.18. The van der Waals surface area contributed by atoms with E-state index in [-0.39, 0.29) is 11.7 Å². The number of aliphatic hydroxyl groups is 1. The topological polar surface area (TPSA) is 49.3 Å². The lowest BCUT2D eigenvalue weighted by Gasteiger charge is -2.21. The van der Waals surface area contributed by atoms with Crippen LogP contribution in [0.5, 0.6) is 0 Å². The second-order valence-corrected chi connectivity index (χ2v) is 5.58. The van der Waals surface area contributed by atoms with Crippen molar-refractivity contribution >= 4 is 5.91 Å². The Bertz CT molecular complexity index is 667. The summed E-state index contributed by atoms with van der Waals surface area (Å²) < 4.78 is 12.9. The lowest BCUT2D eigenvalue weighted by atomic mass is 10.0. The quantitative estimate of drug-likeness (QED) is 0.910. The smallest absolute Gasteiger partial charge is 0.251 e. The molecule has 22 heavy (non-hydrogen) atoms. The number of hydrogen-bond donors (Lipinski definition) is 2. The fourth-order valence-electron chi connectivity index (χ4n) is 2.29. The highest BCUT2D eigenvalue weighted by molar-refractivity contribution is 5.96. The maximum atomic E-state index is 12.9. The number of carbonyl (C=O) groups is 1. The van der Waals surface area contributed by atoms with Crippen molar-refractivity contribution in [3.63, 3.8) is 0 Å². The molecule has 2 rings (SSSR count). The second kappa shape index (κ2) is 6.71. The molecule has 2 aromatic rings. The maximum Gasteiger partial charge on any atom is 0.251 e. The minimum atomic E-state index is -0.894. The van der Waals surface area contributed by atoms with Crippen molar-refractivity contribution < 1.29 is 14.3 Å². The normalized spacial score (nSPS) is 13.5. The van der Waals surface area contributed by atoms with Crippen LogP contribution in [0, 0.1) is 19.7 Å². The number of nitrogens with one attached hydrogen (secondary N) is 1. The van der Waals surface area contributed by atoms with E-state index in [1.807, 2.05) is 32.0 Å². The molecule has 0 heterocycles. The summed E-state index contributed by atoms with van der Waals surface area (Å²) in [5.74, 6) is -0.585. The van der Waals surface area contributed by atoms with Gasteiger partial charge in [0.15, 0.2) is 0 Å². The van der Waals surface area contributed by atoms with E-state index in [4.69, 9.17) is 0 Å². The Labute approximate surface area is 129 Å². The Kier molecular flexibility index (Phi) is 4.93. The molecular formula is C18H20FNO2. The third kappa shape index (κ3) is 3.71. The van der Waals surface area contributed by atoms with Gasteiger partial charge in [0.25, 0.3) is 5.91 Å². The predicted octanol–water partition coefficient (Wildman–Crippen LogP) is 3.29. The van der Waals surface area contributed by atoms with Crippen LogP contribution in [0.3, 0.4) is 0 Å².